The normalized spacial score (nSPS) is 18.5. The highest BCUT2D eigenvalue weighted by molar-refractivity contribution is 7.21. The molecule has 6 nitrogen and oxygen atoms in total. The van der Waals surface area contributed by atoms with Crippen molar-refractivity contribution in [2.24, 2.45) is 0 Å². The van der Waals surface area contributed by atoms with Gasteiger partial charge >= 0.3 is 5.97 Å². The van der Waals surface area contributed by atoms with E-state index in [1.165, 1.54) is 0 Å². The summed E-state index contributed by atoms with van der Waals surface area (Å²) in [4.78, 5) is 18.9. The van der Waals surface area contributed by atoms with Crippen LogP contribution in [0.25, 0.3) is 10.2 Å². The molecule has 2 aromatic rings. The highest BCUT2D eigenvalue weighted by Crippen LogP contribution is 2.37. The number of aromatic nitrogens is 1. The van der Waals surface area contributed by atoms with E-state index in [-0.39, 0.29) is 11.0 Å². The SMILES string of the molecule is CCCc1cc(N2CCCC(O)C2)nc2sc(C(=O)O)c(N)c12. The maximum Gasteiger partial charge on any atom is 0.348 e. The number of piperidine rings is 1. The number of β-amino-alcohol motifs (C(OH)–C–C–N with tert-alkyl or cyclic N) is 1. The summed E-state index contributed by atoms with van der Waals surface area (Å²) in [6.07, 6.45) is 3.17. The van der Waals surface area contributed by atoms with Gasteiger partial charge in [-0.05, 0) is 30.9 Å². The number of aromatic carboxylic acids is 1. The molecule has 0 bridgehead atoms. The molecular formula is C16H21N3O3S. The van der Waals surface area contributed by atoms with Crippen LogP contribution in [0, 0.1) is 0 Å². The van der Waals surface area contributed by atoms with E-state index in [0.717, 1.165) is 60.3 Å². The molecule has 3 heterocycles. The van der Waals surface area contributed by atoms with Gasteiger partial charge in [0, 0.05) is 18.5 Å². The van der Waals surface area contributed by atoms with Gasteiger partial charge in [0.05, 0.1) is 11.8 Å². The van der Waals surface area contributed by atoms with Crippen LogP contribution >= 0.6 is 11.3 Å². The van der Waals surface area contributed by atoms with Crippen LogP contribution in [-0.2, 0) is 6.42 Å². The lowest BCUT2D eigenvalue weighted by Gasteiger charge is -2.31. The molecule has 0 radical (unpaired) electrons. The molecule has 23 heavy (non-hydrogen) atoms. The number of carboxylic acid groups (broad SMARTS) is 1. The predicted octanol–water partition coefficient (Wildman–Crippen LogP) is 2.49. The lowest BCUT2D eigenvalue weighted by molar-refractivity contribution is 0.0703. The van der Waals surface area contributed by atoms with E-state index in [1.54, 1.807) is 0 Å². The molecule has 4 N–H and O–H groups in total. The van der Waals surface area contributed by atoms with Gasteiger partial charge in [0.15, 0.2) is 0 Å². The van der Waals surface area contributed by atoms with Crippen molar-refractivity contribution in [1.82, 2.24) is 4.98 Å². The summed E-state index contributed by atoms with van der Waals surface area (Å²) in [5.41, 5.74) is 7.41. The summed E-state index contributed by atoms with van der Waals surface area (Å²) in [6, 6.07) is 2.00. The average molecular weight is 335 g/mol. The number of fused-ring (bicyclic) bond motifs is 1. The summed E-state index contributed by atoms with van der Waals surface area (Å²) in [5, 5.41) is 20.0. The Morgan fingerprint density at radius 3 is 3.00 bits per heavy atom. The van der Waals surface area contributed by atoms with Gasteiger partial charge in [-0.1, -0.05) is 13.3 Å². The first kappa shape index (κ1) is 16.0. The molecule has 1 aliphatic rings. The molecule has 124 valence electrons. The van der Waals surface area contributed by atoms with Gasteiger partial charge in [-0.3, -0.25) is 0 Å². The van der Waals surface area contributed by atoms with Crippen molar-refractivity contribution in [3.05, 3.63) is 16.5 Å². The molecule has 0 saturated carbocycles. The Hall–Kier alpha value is -1.86. The zero-order valence-corrected chi connectivity index (χ0v) is 13.9. The number of carboxylic acids is 1. The fraction of sp³-hybridized carbons (Fsp3) is 0.500. The molecule has 1 aliphatic heterocycles. The van der Waals surface area contributed by atoms with E-state index in [2.05, 4.69) is 16.8 Å². The first-order chi connectivity index (χ1) is 11.0. The number of pyridine rings is 1. The number of nitrogens with two attached hydrogens (primary N) is 1. The number of hydrogen-bond donors (Lipinski definition) is 3. The Bertz CT molecular complexity index is 744. The van der Waals surface area contributed by atoms with E-state index in [4.69, 9.17) is 5.73 Å². The first-order valence-corrected chi connectivity index (χ1v) is 8.71. The molecule has 0 aliphatic carbocycles. The monoisotopic (exact) mass is 335 g/mol. The molecule has 2 aromatic heterocycles. The Balaban J connectivity index is 2.12. The summed E-state index contributed by atoms with van der Waals surface area (Å²) in [5.74, 6) is -0.208. The maximum atomic E-state index is 11.3. The van der Waals surface area contributed by atoms with Gasteiger partial charge in [-0.25, -0.2) is 9.78 Å². The molecule has 1 atom stereocenters. The summed E-state index contributed by atoms with van der Waals surface area (Å²) in [6.45, 7) is 3.50. The zero-order valence-electron chi connectivity index (χ0n) is 13.1. The topological polar surface area (TPSA) is 99.7 Å². The largest absolute Gasteiger partial charge is 0.477 e. The number of nitrogen functional groups attached to an aromatic ring is 1. The fourth-order valence-corrected chi connectivity index (χ4v) is 4.11. The fourth-order valence-electron chi connectivity index (χ4n) is 3.13. The maximum absolute atomic E-state index is 11.3. The van der Waals surface area contributed by atoms with Crippen molar-refractivity contribution >= 4 is 39.0 Å². The van der Waals surface area contributed by atoms with E-state index in [0.29, 0.717) is 17.1 Å². The molecule has 0 amide bonds. The van der Waals surface area contributed by atoms with Gasteiger partial charge in [0.1, 0.15) is 15.5 Å². The Kier molecular flexibility index (Phi) is 4.41. The molecule has 3 rings (SSSR count). The lowest BCUT2D eigenvalue weighted by Crippen LogP contribution is -2.38. The van der Waals surface area contributed by atoms with Gasteiger partial charge in [0.2, 0.25) is 0 Å². The van der Waals surface area contributed by atoms with Crippen LogP contribution in [0.4, 0.5) is 11.5 Å². The van der Waals surface area contributed by atoms with E-state index < -0.39 is 5.97 Å². The van der Waals surface area contributed by atoms with E-state index in [9.17, 15) is 15.0 Å². The van der Waals surface area contributed by atoms with Crippen molar-refractivity contribution in [2.75, 3.05) is 23.7 Å². The minimum atomic E-state index is -1.01. The number of rotatable bonds is 4. The predicted molar refractivity (Wildman–Crippen MR) is 92.4 cm³/mol. The average Bonchev–Trinajstić information content (AvgIpc) is 2.85. The minimum absolute atomic E-state index is 0.153. The highest BCUT2D eigenvalue weighted by Gasteiger charge is 2.23. The number of anilines is 2. The molecule has 7 heteroatoms. The second-order valence-electron chi connectivity index (χ2n) is 5.96. The van der Waals surface area contributed by atoms with Crippen molar-refractivity contribution in [2.45, 2.75) is 38.7 Å². The van der Waals surface area contributed by atoms with Crippen molar-refractivity contribution in [1.29, 1.82) is 0 Å². The van der Waals surface area contributed by atoms with Gasteiger partial charge in [0.25, 0.3) is 0 Å². The number of aliphatic hydroxyl groups excluding tert-OH is 1. The first-order valence-electron chi connectivity index (χ1n) is 7.89. The Labute approximate surface area is 138 Å². The quantitative estimate of drug-likeness (QED) is 0.794. The summed E-state index contributed by atoms with van der Waals surface area (Å²) >= 11 is 1.13. The zero-order chi connectivity index (χ0) is 16.6. The highest BCUT2D eigenvalue weighted by atomic mass is 32.1. The third-order valence-electron chi connectivity index (χ3n) is 4.20. The summed E-state index contributed by atoms with van der Waals surface area (Å²) < 4.78 is 0. The third kappa shape index (κ3) is 2.98. The van der Waals surface area contributed by atoms with Crippen LogP contribution in [0.2, 0.25) is 0 Å². The van der Waals surface area contributed by atoms with Gasteiger partial charge in [-0.15, -0.1) is 11.3 Å². The van der Waals surface area contributed by atoms with Crippen molar-refractivity contribution in [3.63, 3.8) is 0 Å². The molecule has 1 fully saturated rings. The second kappa shape index (κ2) is 6.33. The number of aliphatic hydroxyl groups is 1. The third-order valence-corrected chi connectivity index (χ3v) is 5.29. The van der Waals surface area contributed by atoms with Crippen molar-refractivity contribution < 1.29 is 15.0 Å². The Morgan fingerprint density at radius 1 is 1.57 bits per heavy atom. The van der Waals surface area contributed by atoms with Gasteiger partial charge < -0.3 is 20.8 Å². The number of nitrogens with zero attached hydrogens (tertiary/aromatic N) is 2. The molecule has 1 unspecified atom stereocenters. The number of thiophene rings is 1. The van der Waals surface area contributed by atoms with Gasteiger partial charge in [-0.2, -0.15) is 0 Å². The molecule has 1 saturated heterocycles. The Morgan fingerprint density at radius 2 is 2.35 bits per heavy atom. The lowest BCUT2D eigenvalue weighted by atomic mass is 10.0. The van der Waals surface area contributed by atoms with Crippen LogP contribution in [0.1, 0.15) is 41.4 Å². The van der Waals surface area contributed by atoms with Crippen LogP contribution in [0.5, 0.6) is 0 Å². The second-order valence-corrected chi connectivity index (χ2v) is 6.96. The number of hydrogen-bond acceptors (Lipinski definition) is 6. The minimum Gasteiger partial charge on any atom is -0.477 e. The molecule has 0 aromatic carbocycles. The van der Waals surface area contributed by atoms with Crippen LogP contribution < -0.4 is 10.6 Å². The summed E-state index contributed by atoms with van der Waals surface area (Å²) in [7, 11) is 0. The van der Waals surface area contributed by atoms with Crippen LogP contribution in [-0.4, -0.2) is 40.4 Å². The standard InChI is InChI=1S/C16H21N3O3S/c1-2-4-9-7-11(19-6-3-5-10(20)8-19)18-15-12(9)13(17)14(23-15)16(21)22/h7,10,20H,2-6,8,17H2,1H3,(H,21,22). The van der Waals surface area contributed by atoms with Crippen LogP contribution in [0.3, 0.4) is 0 Å². The molecular weight excluding hydrogens is 314 g/mol. The van der Waals surface area contributed by atoms with E-state index in [1.807, 2.05) is 6.07 Å². The smallest absolute Gasteiger partial charge is 0.348 e. The molecule has 0 spiro atoms. The number of aryl methyl sites for hydroxylation is 1. The van der Waals surface area contributed by atoms with E-state index >= 15 is 0 Å². The van der Waals surface area contributed by atoms with Crippen molar-refractivity contribution in [3.8, 4) is 0 Å². The van der Waals surface area contributed by atoms with Crippen LogP contribution in [0.15, 0.2) is 6.07 Å². The number of carbonyl (C=O) groups is 1.